The van der Waals surface area contributed by atoms with Crippen LogP contribution in [0.4, 0.5) is 5.69 Å². The Morgan fingerprint density at radius 2 is 1.61 bits per heavy atom. The van der Waals surface area contributed by atoms with Crippen LogP contribution in [0.2, 0.25) is 0 Å². The van der Waals surface area contributed by atoms with Gasteiger partial charge in [0.25, 0.3) is 5.91 Å². The molecule has 6 nitrogen and oxygen atoms in total. The zero-order chi connectivity index (χ0) is 22.0. The van der Waals surface area contributed by atoms with Crippen molar-refractivity contribution < 1.29 is 19.1 Å². The van der Waals surface area contributed by atoms with Gasteiger partial charge in [-0.1, -0.05) is 32.0 Å². The topological polar surface area (TPSA) is 84.5 Å². The number of amides is 2. The summed E-state index contributed by atoms with van der Waals surface area (Å²) in [6, 6.07) is 7.58. The van der Waals surface area contributed by atoms with Gasteiger partial charge in [0, 0.05) is 12.1 Å². The van der Waals surface area contributed by atoms with E-state index in [0.29, 0.717) is 6.42 Å². The summed E-state index contributed by atoms with van der Waals surface area (Å²) in [7, 11) is 0. The van der Waals surface area contributed by atoms with Crippen LogP contribution < -0.4 is 10.6 Å². The molecule has 4 bridgehead atoms. The molecule has 2 amide bonds. The number of rotatable bonds is 8. The molecule has 1 aromatic rings. The van der Waals surface area contributed by atoms with Crippen LogP contribution in [0.25, 0.3) is 0 Å². The quantitative estimate of drug-likeness (QED) is 0.615. The van der Waals surface area contributed by atoms with Gasteiger partial charge in [0.1, 0.15) is 6.54 Å². The van der Waals surface area contributed by atoms with Gasteiger partial charge in [-0.05, 0) is 79.2 Å². The third-order valence-electron chi connectivity index (χ3n) is 7.35. The second kappa shape index (κ2) is 9.01. The first-order chi connectivity index (χ1) is 14.8. The van der Waals surface area contributed by atoms with Gasteiger partial charge >= 0.3 is 5.97 Å². The highest BCUT2D eigenvalue weighted by atomic mass is 16.5. The molecule has 4 aliphatic rings. The molecule has 0 aliphatic heterocycles. The van der Waals surface area contributed by atoms with Crippen LogP contribution in [0.5, 0.6) is 0 Å². The van der Waals surface area contributed by atoms with Crippen LogP contribution in [0, 0.1) is 23.2 Å². The molecule has 0 unspecified atom stereocenters. The van der Waals surface area contributed by atoms with E-state index in [0.717, 1.165) is 48.3 Å². The second-order valence-corrected chi connectivity index (χ2v) is 10.3. The van der Waals surface area contributed by atoms with E-state index in [1.807, 2.05) is 24.3 Å². The summed E-state index contributed by atoms with van der Waals surface area (Å²) >= 11 is 0. The molecule has 168 valence electrons. The van der Waals surface area contributed by atoms with E-state index in [4.69, 9.17) is 4.74 Å². The fourth-order valence-corrected chi connectivity index (χ4v) is 6.58. The Hall–Kier alpha value is -2.37. The predicted octanol–water partition coefficient (Wildman–Crippen LogP) is 4.01. The summed E-state index contributed by atoms with van der Waals surface area (Å²) in [5, 5.41) is 5.50. The van der Waals surface area contributed by atoms with Gasteiger partial charge in [0.15, 0.2) is 6.61 Å². The minimum atomic E-state index is -0.592. The van der Waals surface area contributed by atoms with Crippen molar-refractivity contribution in [1.29, 1.82) is 0 Å². The van der Waals surface area contributed by atoms with E-state index in [2.05, 4.69) is 24.5 Å². The third-order valence-corrected chi connectivity index (χ3v) is 7.35. The van der Waals surface area contributed by atoms with Crippen molar-refractivity contribution >= 4 is 23.5 Å². The largest absolute Gasteiger partial charge is 0.454 e. The summed E-state index contributed by atoms with van der Waals surface area (Å²) < 4.78 is 5.05. The highest BCUT2D eigenvalue weighted by Crippen LogP contribution is 2.61. The van der Waals surface area contributed by atoms with E-state index >= 15 is 0 Å². The molecule has 0 heterocycles. The smallest absolute Gasteiger partial charge is 0.325 e. The van der Waals surface area contributed by atoms with Gasteiger partial charge < -0.3 is 15.4 Å². The van der Waals surface area contributed by atoms with Gasteiger partial charge in [-0.2, -0.15) is 0 Å². The summed E-state index contributed by atoms with van der Waals surface area (Å²) in [6.07, 6.45) is 8.03. The number of anilines is 1. The summed E-state index contributed by atoms with van der Waals surface area (Å²) in [5.41, 5.74) is 1.90. The van der Waals surface area contributed by atoms with Gasteiger partial charge in [-0.15, -0.1) is 0 Å². The molecule has 0 aromatic heterocycles. The number of carbonyl (C=O) groups is 3. The minimum absolute atomic E-state index is 0.0748. The fraction of sp³-hybridized carbons (Fsp3) is 0.640. The molecule has 4 fully saturated rings. The Labute approximate surface area is 184 Å². The average Bonchev–Trinajstić information content (AvgIpc) is 2.69. The standard InChI is InChI=1S/C25H34N2O4/c1-16(2)20-5-3-4-6-21(20)27-23(29)15-31-24(30)14-26-22(28)13-25-10-17-7-18(11-25)9-19(8-17)12-25/h3-6,16-19H,7-15H2,1-2H3,(H,26,28)(H,27,29). The molecule has 4 saturated carbocycles. The Kier molecular flexibility index (Phi) is 6.35. The number of ether oxygens (including phenoxy) is 1. The number of esters is 1. The zero-order valence-corrected chi connectivity index (χ0v) is 18.6. The van der Waals surface area contributed by atoms with Crippen LogP contribution in [0.3, 0.4) is 0 Å². The van der Waals surface area contributed by atoms with E-state index < -0.39 is 5.97 Å². The summed E-state index contributed by atoms with van der Waals surface area (Å²) in [5.74, 6) is 1.60. The maximum atomic E-state index is 12.5. The number of benzene rings is 1. The normalized spacial score (nSPS) is 28.4. The van der Waals surface area contributed by atoms with Crippen molar-refractivity contribution in [3.05, 3.63) is 29.8 Å². The molecule has 6 heteroatoms. The maximum Gasteiger partial charge on any atom is 0.325 e. The first-order valence-corrected chi connectivity index (χ1v) is 11.6. The lowest BCUT2D eigenvalue weighted by Crippen LogP contribution is -2.48. The van der Waals surface area contributed by atoms with Crippen molar-refractivity contribution in [3.8, 4) is 0 Å². The van der Waals surface area contributed by atoms with Crippen LogP contribution in [-0.4, -0.2) is 30.9 Å². The molecule has 2 N–H and O–H groups in total. The highest BCUT2D eigenvalue weighted by Gasteiger charge is 2.51. The molecule has 0 spiro atoms. The number of hydrogen-bond donors (Lipinski definition) is 2. The monoisotopic (exact) mass is 426 g/mol. The number of nitrogens with one attached hydrogen (secondary N) is 2. The van der Waals surface area contributed by atoms with Gasteiger partial charge in [0.2, 0.25) is 5.91 Å². The predicted molar refractivity (Wildman–Crippen MR) is 118 cm³/mol. The molecule has 31 heavy (non-hydrogen) atoms. The SMILES string of the molecule is CC(C)c1ccccc1NC(=O)COC(=O)CNC(=O)CC12CC3CC(CC(C3)C1)C2. The van der Waals surface area contributed by atoms with Crippen molar-refractivity contribution in [3.63, 3.8) is 0 Å². The molecule has 0 atom stereocenters. The Bertz CT molecular complexity index is 812. The number of carbonyl (C=O) groups excluding carboxylic acids is 3. The van der Waals surface area contributed by atoms with Gasteiger partial charge in [-0.3, -0.25) is 14.4 Å². The maximum absolute atomic E-state index is 12.5. The van der Waals surface area contributed by atoms with E-state index in [1.165, 1.54) is 19.3 Å². The molecule has 4 aliphatic carbocycles. The molecular formula is C25H34N2O4. The second-order valence-electron chi connectivity index (χ2n) is 10.3. The zero-order valence-electron chi connectivity index (χ0n) is 18.6. The van der Waals surface area contributed by atoms with Crippen molar-refractivity contribution in [1.82, 2.24) is 5.32 Å². The lowest BCUT2D eigenvalue weighted by molar-refractivity contribution is -0.147. The van der Waals surface area contributed by atoms with Crippen LogP contribution in [0.1, 0.15) is 70.3 Å². The van der Waals surface area contributed by atoms with Gasteiger partial charge in [-0.25, -0.2) is 0 Å². The van der Waals surface area contributed by atoms with E-state index in [-0.39, 0.29) is 36.3 Å². The van der Waals surface area contributed by atoms with Crippen molar-refractivity contribution in [2.24, 2.45) is 23.2 Å². The molecule has 0 saturated heterocycles. The lowest BCUT2D eigenvalue weighted by Gasteiger charge is -2.56. The number of para-hydroxylation sites is 1. The Morgan fingerprint density at radius 1 is 1.00 bits per heavy atom. The van der Waals surface area contributed by atoms with Crippen molar-refractivity contribution in [2.45, 2.75) is 64.7 Å². The lowest BCUT2D eigenvalue weighted by atomic mass is 9.49. The fourth-order valence-electron chi connectivity index (χ4n) is 6.58. The van der Waals surface area contributed by atoms with Gasteiger partial charge in [0.05, 0.1) is 0 Å². The molecule has 1 aromatic carbocycles. The third kappa shape index (κ3) is 5.28. The molecule has 0 radical (unpaired) electrons. The minimum Gasteiger partial charge on any atom is -0.454 e. The Balaban J connectivity index is 1.18. The number of hydrogen-bond acceptors (Lipinski definition) is 4. The molecular weight excluding hydrogens is 392 g/mol. The summed E-state index contributed by atoms with van der Waals surface area (Å²) in [4.78, 5) is 36.7. The molecule has 5 rings (SSSR count). The highest BCUT2D eigenvalue weighted by molar-refractivity contribution is 5.93. The van der Waals surface area contributed by atoms with Crippen LogP contribution in [0.15, 0.2) is 24.3 Å². The first kappa shape index (κ1) is 21.8. The van der Waals surface area contributed by atoms with Crippen LogP contribution >= 0.6 is 0 Å². The van der Waals surface area contributed by atoms with E-state index in [9.17, 15) is 14.4 Å². The Morgan fingerprint density at radius 3 is 2.23 bits per heavy atom. The van der Waals surface area contributed by atoms with Crippen molar-refractivity contribution in [2.75, 3.05) is 18.5 Å². The summed E-state index contributed by atoms with van der Waals surface area (Å²) in [6.45, 7) is 3.55. The average molecular weight is 427 g/mol. The van der Waals surface area contributed by atoms with Crippen LogP contribution in [-0.2, 0) is 19.1 Å². The first-order valence-electron chi connectivity index (χ1n) is 11.6. The van der Waals surface area contributed by atoms with E-state index in [1.54, 1.807) is 0 Å².